The summed E-state index contributed by atoms with van der Waals surface area (Å²) in [5.41, 5.74) is 5.38. The maximum Gasteiger partial charge on any atom is 0.244 e. The van der Waals surface area contributed by atoms with Crippen molar-refractivity contribution in [2.75, 3.05) is 20.2 Å². The second-order valence-corrected chi connectivity index (χ2v) is 5.96. The van der Waals surface area contributed by atoms with E-state index >= 15 is 0 Å². The fraction of sp³-hybridized carbons (Fsp3) is 0.333. The van der Waals surface area contributed by atoms with E-state index in [-0.39, 0.29) is 11.5 Å². The second-order valence-electron chi connectivity index (χ2n) is 3.91. The fourth-order valence-electron chi connectivity index (χ4n) is 1.33. The lowest BCUT2D eigenvalue weighted by Gasteiger charge is -2.14. The number of carbonyl (C=O) groups is 1. The Morgan fingerprint density at radius 3 is 2.80 bits per heavy atom. The van der Waals surface area contributed by atoms with Crippen molar-refractivity contribution in [1.29, 1.82) is 0 Å². The molecule has 0 saturated heterocycles. The topological polar surface area (TPSA) is 114 Å². The van der Waals surface area contributed by atoms with Crippen molar-refractivity contribution in [1.82, 2.24) is 9.29 Å². The van der Waals surface area contributed by atoms with Crippen molar-refractivity contribution in [3.05, 3.63) is 24.0 Å². The van der Waals surface area contributed by atoms with Crippen molar-refractivity contribution in [3.63, 3.8) is 0 Å². The molecular weight excluding hydrogens is 282 g/mol. The van der Waals surface area contributed by atoms with E-state index in [1.165, 1.54) is 25.5 Å². The number of carbonyl (C=O) groups excluding carboxylic acids is 1. The number of rotatable bonds is 5. The number of pyridine rings is 1. The molecule has 1 aromatic rings. The zero-order valence-electron chi connectivity index (χ0n) is 10.9. The quantitative estimate of drug-likeness (QED) is 0.671. The minimum absolute atomic E-state index is 0.0697. The summed E-state index contributed by atoms with van der Waals surface area (Å²) in [6, 6.07) is 1.35. The Hall–Kier alpha value is -1.95. The van der Waals surface area contributed by atoms with Gasteiger partial charge in [-0.3, -0.25) is 9.78 Å². The maximum absolute atomic E-state index is 12.1. The van der Waals surface area contributed by atoms with Crippen LogP contribution in [0.3, 0.4) is 0 Å². The van der Waals surface area contributed by atoms with Crippen LogP contribution in [0, 0.1) is 11.8 Å². The van der Waals surface area contributed by atoms with Gasteiger partial charge in [-0.2, -0.15) is 4.31 Å². The van der Waals surface area contributed by atoms with Gasteiger partial charge in [0.15, 0.2) is 0 Å². The third-order valence-electron chi connectivity index (χ3n) is 2.27. The first-order chi connectivity index (χ1) is 9.37. The van der Waals surface area contributed by atoms with E-state index in [0.29, 0.717) is 12.0 Å². The molecule has 0 atom stereocenters. The zero-order valence-corrected chi connectivity index (χ0v) is 11.7. The average Bonchev–Trinajstić information content (AvgIpc) is 2.38. The summed E-state index contributed by atoms with van der Waals surface area (Å²) < 4.78 is 25.1. The second kappa shape index (κ2) is 7.00. The summed E-state index contributed by atoms with van der Waals surface area (Å²) in [7, 11) is -2.58. The number of likely N-dealkylation sites (N-methyl/N-ethyl adjacent to an activating group) is 1. The van der Waals surface area contributed by atoms with Gasteiger partial charge < -0.3 is 10.8 Å². The van der Waals surface area contributed by atoms with Gasteiger partial charge in [-0.1, -0.05) is 11.8 Å². The van der Waals surface area contributed by atoms with Crippen molar-refractivity contribution >= 4 is 15.9 Å². The number of aliphatic hydroxyl groups excluding tert-OH is 1. The molecule has 0 radical (unpaired) electrons. The number of amides is 1. The third kappa shape index (κ3) is 4.31. The van der Waals surface area contributed by atoms with Crippen molar-refractivity contribution < 1.29 is 18.3 Å². The Kier molecular flexibility index (Phi) is 5.64. The Bertz CT molecular complexity index is 646. The molecule has 108 valence electrons. The molecule has 0 unspecified atom stereocenters. The predicted octanol–water partition coefficient (Wildman–Crippen LogP) is -1.08. The molecule has 3 N–H and O–H groups in total. The summed E-state index contributed by atoms with van der Waals surface area (Å²) >= 11 is 0. The van der Waals surface area contributed by atoms with Crippen LogP contribution in [0.1, 0.15) is 12.0 Å². The first-order valence-electron chi connectivity index (χ1n) is 5.67. The van der Waals surface area contributed by atoms with Crippen LogP contribution in [0.5, 0.6) is 0 Å². The highest BCUT2D eigenvalue weighted by atomic mass is 32.2. The summed E-state index contributed by atoms with van der Waals surface area (Å²) in [5.74, 6) is 4.61. The summed E-state index contributed by atoms with van der Waals surface area (Å²) in [6.45, 7) is -0.484. The lowest BCUT2D eigenvalue weighted by atomic mass is 10.3. The Morgan fingerprint density at radius 1 is 1.50 bits per heavy atom. The van der Waals surface area contributed by atoms with Crippen LogP contribution in [0.4, 0.5) is 0 Å². The Morgan fingerprint density at radius 2 is 2.20 bits per heavy atom. The van der Waals surface area contributed by atoms with E-state index < -0.39 is 22.5 Å². The molecule has 1 amide bonds. The molecule has 0 bridgehead atoms. The van der Waals surface area contributed by atoms with Gasteiger partial charge >= 0.3 is 0 Å². The van der Waals surface area contributed by atoms with Gasteiger partial charge in [0, 0.05) is 31.4 Å². The van der Waals surface area contributed by atoms with E-state index in [1.807, 2.05) is 0 Å². The SMILES string of the molecule is CN(CC(N)=O)S(=O)(=O)c1cncc(C#CCCO)c1. The van der Waals surface area contributed by atoms with E-state index in [4.69, 9.17) is 10.8 Å². The monoisotopic (exact) mass is 297 g/mol. The molecule has 0 saturated carbocycles. The van der Waals surface area contributed by atoms with Gasteiger partial charge in [0.1, 0.15) is 4.90 Å². The van der Waals surface area contributed by atoms with Crippen molar-refractivity contribution in [2.45, 2.75) is 11.3 Å². The molecule has 0 aromatic carbocycles. The van der Waals surface area contributed by atoms with Crippen LogP contribution >= 0.6 is 0 Å². The van der Waals surface area contributed by atoms with Crippen molar-refractivity contribution in [2.24, 2.45) is 5.73 Å². The van der Waals surface area contributed by atoms with Gasteiger partial charge in [-0.15, -0.1) is 0 Å². The summed E-state index contributed by atoms with van der Waals surface area (Å²) in [6.07, 6.45) is 2.88. The average molecular weight is 297 g/mol. The predicted molar refractivity (Wildman–Crippen MR) is 71.8 cm³/mol. The Balaban J connectivity index is 3.05. The first kappa shape index (κ1) is 16.1. The van der Waals surface area contributed by atoms with Gasteiger partial charge in [0.25, 0.3) is 0 Å². The van der Waals surface area contributed by atoms with Crippen LogP contribution in [-0.2, 0) is 14.8 Å². The third-order valence-corrected chi connectivity index (χ3v) is 4.04. The molecule has 0 aliphatic heterocycles. The minimum Gasteiger partial charge on any atom is -0.395 e. The van der Waals surface area contributed by atoms with Gasteiger partial charge in [0.2, 0.25) is 15.9 Å². The van der Waals surface area contributed by atoms with E-state index in [2.05, 4.69) is 16.8 Å². The van der Waals surface area contributed by atoms with E-state index in [0.717, 1.165) is 4.31 Å². The highest BCUT2D eigenvalue weighted by molar-refractivity contribution is 7.89. The standard InChI is InChI=1S/C12H15N3O4S/c1-15(9-12(13)17)20(18,19)11-6-10(7-14-8-11)4-2-3-5-16/h6-8,16H,3,5,9H2,1H3,(H2,13,17). The smallest absolute Gasteiger partial charge is 0.244 e. The van der Waals surface area contributed by atoms with Crippen LogP contribution in [-0.4, -0.2) is 48.9 Å². The fourth-order valence-corrected chi connectivity index (χ4v) is 2.46. The Labute approximate surface area is 117 Å². The van der Waals surface area contributed by atoms with Crippen LogP contribution in [0.2, 0.25) is 0 Å². The largest absolute Gasteiger partial charge is 0.395 e. The molecule has 0 spiro atoms. The maximum atomic E-state index is 12.1. The molecular formula is C12H15N3O4S. The highest BCUT2D eigenvalue weighted by Crippen LogP contribution is 2.13. The van der Waals surface area contributed by atoms with Crippen LogP contribution < -0.4 is 5.73 Å². The number of sulfonamides is 1. The number of aliphatic hydroxyl groups is 1. The molecule has 1 heterocycles. The molecule has 1 aromatic heterocycles. The first-order valence-corrected chi connectivity index (χ1v) is 7.11. The molecule has 20 heavy (non-hydrogen) atoms. The number of nitrogens with zero attached hydrogens (tertiary/aromatic N) is 2. The highest BCUT2D eigenvalue weighted by Gasteiger charge is 2.22. The molecule has 0 aliphatic rings. The van der Waals surface area contributed by atoms with Gasteiger partial charge in [-0.05, 0) is 6.07 Å². The zero-order chi connectivity index (χ0) is 15.2. The molecule has 0 aliphatic carbocycles. The number of primary amides is 1. The number of nitrogens with two attached hydrogens (primary N) is 1. The molecule has 8 heteroatoms. The van der Waals surface area contributed by atoms with Gasteiger partial charge in [-0.25, -0.2) is 8.42 Å². The van der Waals surface area contributed by atoms with Crippen LogP contribution in [0.25, 0.3) is 0 Å². The number of hydrogen-bond acceptors (Lipinski definition) is 5. The normalized spacial score (nSPS) is 10.9. The van der Waals surface area contributed by atoms with E-state index in [9.17, 15) is 13.2 Å². The number of aromatic nitrogens is 1. The molecule has 1 rings (SSSR count). The molecule has 7 nitrogen and oxygen atoms in total. The van der Waals surface area contributed by atoms with Crippen molar-refractivity contribution in [3.8, 4) is 11.8 Å². The number of hydrogen-bond donors (Lipinski definition) is 2. The lowest BCUT2D eigenvalue weighted by Crippen LogP contribution is -2.35. The van der Waals surface area contributed by atoms with E-state index in [1.54, 1.807) is 0 Å². The summed E-state index contributed by atoms with van der Waals surface area (Å²) in [4.78, 5) is 14.5. The molecule has 0 fully saturated rings. The lowest BCUT2D eigenvalue weighted by molar-refractivity contribution is -0.118. The summed E-state index contributed by atoms with van der Waals surface area (Å²) in [5, 5.41) is 8.62. The van der Waals surface area contributed by atoms with Gasteiger partial charge in [0.05, 0.1) is 13.2 Å². The van der Waals surface area contributed by atoms with Crippen LogP contribution in [0.15, 0.2) is 23.4 Å². The minimum atomic E-state index is -3.83.